The first-order chi connectivity index (χ1) is 18.8. The van der Waals surface area contributed by atoms with Crippen molar-refractivity contribution in [1.29, 1.82) is 0 Å². The zero-order chi connectivity index (χ0) is 28.9. The van der Waals surface area contributed by atoms with Gasteiger partial charge in [0.25, 0.3) is 0 Å². The molecule has 0 radical (unpaired) electrons. The van der Waals surface area contributed by atoms with Crippen LogP contribution in [0.2, 0.25) is 0 Å². The molecule has 0 saturated carbocycles. The van der Waals surface area contributed by atoms with E-state index in [1.165, 1.54) is 38.5 Å². The Bertz CT molecular complexity index is 825. The predicted octanol–water partition coefficient (Wildman–Crippen LogP) is 6.19. The van der Waals surface area contributed by atoms with Crippen LogP contribution in [0.15, 0.2) is 0 Å². The third-order valence-electron chi connectivity index (χ3n) is 5.56. The van der Waals surface area contributed by atoms with Crippen LogP contribution in [0.4, 0.5) is 22.0 Å². The van der Waals surface area contributed by atoms with Crippen molar-refractivity contribution in [1.82, 2.24) is 0 Å². The van der Waals surface area contributed by atoms with E-state index in [1.807, 2.05) is 0 Å². The van der Waals surface area contributed by atoms with Crippen LogP contribution in [0.25, 0.3) is 0 Å². The Labute approximate surface area is 226 Å². The summed E-state index contributed by atoms with van der Waals surface area (Å²) in [6.07, 6.45) is 10.5. The van der Waals surface area contributed by atoms with E-state index < -0.39 is 47.2 Å². The van der Waals surface area contributed by atoms with Crippen LogP contribution in [0.5, 0.6) is 5.75 Å². The van der Waals surface area contributed by atoms with E-state index in [0.717, 1.165) is 19.3 Å². The van der Waals surface area contributed by atoms with Crippen LogP contribution < -0.4 is 4.74 Å². The zero-order valence-corrected chi connectivity index (χ0v) is 22.5. The second-order valence-electron chi connectivity index (χ2n) is 8.76. The van der Waals surface area contributed by atoms with Gasteiger partial charge in [-0.25, -0.2) is 13.2 Å². The number of ether oxygens (including phenoxy) is 5. The fourth-order valence-corrected chi connectivity index (χ4v) is 3.40. The molecule has 0 bridgehead atoms. The molecular weight excluding hydrogens is 531 g/mol. The highest BCUT2D eigenvalue weighted by atomic mass is 19.2. The first-order valence-electron chi connectivity index (χ1n) is 13.4. The lowest BCUT2D eigenvalue weighted by Crippen LogP contribution is -2.16. The third-order valence-corrected chi connectivity index (χ3v) is 5.56. The number of esters is 2. The SMILES string of the molecule is CCCCCCCCCCCC(=O)OCCOCCOCCOCCC(=O)Oc1c(F)c(F)c(F)c(F)c1F. The van der Waals surface area contributed by atoms with E-state index in [2.05, 4.69) is 11.7 Å². The monoisotopic (exact) mass is 570 g/mol. The molecule has 224 valence electrons. The van der Waals surface area contributed by atoms with E-state index in [0.29, 0.717) is 6.42 Å². The lowest BCUT2D eigenvalue weighted by molar-refractivity contribution is -0.145. The van der Waals surface area contributed by atoms with Crippen molar-refractivity contribution in [3.63, 3.8) is 0 Å². The molecule has 0 amide bonds. The summed E-state index contributed by atoms with van der Waals surface area (Å²) >= 11 is 0. The minimum absolute atomic E-state index is 0.0757. The minimum Gasteiger partial charge on any atom is -0.463 e. The Morgan fingerprint density at radius 1 is 0.513 bits per heavy atom. The maximum atomic E-state index is 13.5. The Kier molecular flexibility index (Phi) is 19.1. The first kappa shape index (κ1) is 34.7. The standard InChI is InChI=1S/C27H39F5O7/c1-2-3-4-5-6-7-8-9-10-11-20(33)38-19-18-37-17-16-36-15-14-35-13-12-21(34)39-27-25(31)23(29)22(28)24(30)26(27)32/h2-19H2,1H3. The number of hydrogen-bond donors (Lipinski definition) is 0. The van der Waals surface area contributed by atoms with Gasteiger partial charge in [0.1, 0.15) is 6.61 Å². The quantitative estimate of drug-likeness (QED) is 0.0388. The van der Waals surface area contributed by atoms with Crippen molar-refractivity contribution >= 4 is 11.9 Å². The maximum absolute atomic E-state index is 13.5. The van der Waals surface area contributed by atoms with Gasteiger partial charge in [0.05, 0.1) is 46.1 Å². The molecule has 0 aliphatic rings. The molecule has 0 aromatic heterocycles. The molecule has 1 rings (SSSR count). The van der Waals surface area contributed by atoms with Crippen molar-refractivity contribution < 1.29 is 55.2 Å². The van der Waals surface area contributed by atoms with Gasteiger partial charge in [-0.3, -0.25) is 9.59 Å². The van der Waals surface area contributed by atoms with Gasteiger partial charge in [-0.05, 0) is 6.42 Å². The number of hydrogen-bond acceptors (Lipinski definition) is 7. The molecule has 0 aliphatic carbocycles. The average Bonchev–Trinajstić information content (AvgIpc) is 2.92. The summed E-state index contributed by atoms with van der Waals surface area (Å²) in [7, 11) is 0. The molecule has 0 atom stereocenters. The number of halogens is 5. The van der Waals surface area contributed by atoms with Crippen LogP contribution in [0, 0.1) is 29.1 Å². The van der Waals surface area contributed by atoms with Crippen LogP contribution in [0.3, 0.4) is 0 Å². The van der Waals surface area contributed by atoms with Gasteiger partial charge in [-0.15, -0.1) is 0 Å². The molecule has 0 heterocycles. The van der Waals surface area contributed by atoms with Crippen LogP contribution in [-0.2, 0) is 28.5 Å². The first-order valence-corrected chi connectivity index (χ1v) is 13.4. The average molecular weight is 571 g/mol. The number of carbonyl (C=O) groups is 2. The van der Waals surface area contributed by atoms with E-state index >= 15 is 0 Å². The van der Waals surface area contributed by atoms with Crippen LogP contribution >= 0.6 is 0 Å². The second kappa shape index (κ2) is 21.5. The molecule has 0 spiro atoms. The summed E-state index contributed by atoms with van der Waals surface area (Å²) in [6, 6.07) is 0. The van der Waals surface area contributed by atoms with Crippen molar-refractivity contribution in [2.75, 3.05) is 46.2 Å². The highest BCUT2D eigenvalue weighted by molar-refractivity contribution is 5.72. The van der Waals surface area contributed by atoms with E-state index in [1.54, 1.807) is 0 Å². The fraction of sp³-hybridized carbons (Fsp3) is 0.704. The van der Waals surface area contributed by atoms with Crippen LogP contribution in [0.1, 0.15) is 77.6 Å². The Morgan fingerprint density at radius 3 is 1.49 bits per heavy atom. The van der Waals surface area contributed by atoms with Gasteiger partial charge in [0.15, 0.2) is 0 Å². The molecule has 0 aliphatic heterocycles. The van der Waals surface area contributed by atoms with Crippen molar-refractivity contribution in [2.24, 2.45) is 0 Å². The fourth-order valence-electron chi connectivity index (χ4n) is 3.40. The van der Waals surface area contributed by atoms with Gasteiger partial charge in [-0.1, -0.05) is 58.3 Å². The van der Waals surface area contributed by atoms with Gasteiger partial charge in [0.2, 0.25) is 34.8 Å². The molecule has 0 fully saturated rings. The van der Waals surface area contributed by atoms with Crippen molar-refractivity contribution in [3.05, 3.63) is 29.1 Å². The number of rotatable bonds is 23. The molecule has 39 heavy (non-hydrogen) atoms. The summed E-state index contributed by atoms with van der Waals surface area (Å²) in [5.74, 6) is -14.4. The smallest absolute Gasteiger partial charge is 0.313 e. The molecule has 1 aromatic carbocycles. The Balaban J connectivity index is 1.93. The van der Waals surface area contributed by atoms with E-state index in [9.17, 15) is 31.5 Å². The van der Waals surface area contributed by atoms with Gasteiger partial charge < -0.3 is 23.7 Å². The number of carbonyl (C=O) groups excluding carboxylic acids is 2. The van der Waals surface area contributed by atoms with E-state index in [-0.39, 0.29) is 52.2 Å². The normalized spacial score (nSPS) is 11.1. The van der Waals surface area contributed by atoms with Gasteiger partial charge in [-0.2, -0.15) is 8.78 Å². The number of unbranched alkanes of at least 4 members (excludes halogenated alkanes) is 8. The maximum Gasteiger partial charge on any atom is 0.313 e. The lowest BCUT2D eigenvalue weighted by Gasteiger charge is -2.09. The summed E-state index contributed by atoms with van der Waals surface area (Å²) < 4.78 is 91.2. The lowest BCUT2D eigenvalue weighted by atomic mass is 10.1. The largest absolute Gasteiger partial charge is 0.463 e. The Hall–Kier alpha value is -2.31. The Morgan fingerprint density at radius 2 is 0.949 bits per heavy atom. The molecule has 0 unspecified atom stereocenters. The summed E-state index contributed by atoms with van der Waals surface area (Å²) in [4.78, 5) is 23.3. The highest BCUT2D eigenvalue weighted by Crippen LogP contribution is 2.29. The topological polar surface area (TPSA) is 80.3 Å². The second-order valence-corrected chi connectivity index (χ2v) is 8.76. The zero-order valence-electron chi connectivity index (χ0n) is 22.5. The molecule has 0 saturated heterocycles. The third kappa shape index (κ3) is 15.2. The predicted molar refractivity (Wildman–Crippen MR) is 132 cm³/mol. The molecule has 1 aromatic rings. The summed E-state index contributed by atoms with van der Waals surface area (Å²) in [5, 5.41) is 0. The van der Waals surface area contributed by atoms with Gasteiger partial charge in [0, 0.05) is 6.42 Å². The molecular formula is C27H39F5O7. The van der Waals surface area contributed by atoms with Crippen molar-refractivity contribution in [2.45, 2.75) is 77.6 Å². The molecule has 12 heteroatoms. The molecule has 7 nitrogen and oxygen atoms in total. The summed E-state index contributed by atoms with van der Waals surface area (Å²) in [5.41, 5.74) is 0. The van der Waals surface area contributed by atoms with Crippen LogP contribution in [-0.4, -0.2) is 58.2 Å². The van der Waals surface area contributed by atoms with Crippen molar-refractivity contribution in [3.8, 4) is 5.75 Å². The van der Waals surface area contributed by atoms with E-state index in [4.69, 9.17) is 18.9 Å². The summed E-state index contributed by atoms with van der Waals surface area (Å²) in [6.45, 7) is 3.14. The molecule has 0 N–H and O–H groups in total. The minimum atomic E-state index is -2.35. The van der Waals surface area contributed by atoms with Gasteiger partial charge >= 0.3 is 11.9 Å². The number of benzene rings is 1. The highest BCUT2D eigenvalue weighted by Gasteiger charge is 2.28.